The van der Waals surface area contributed by atoms with Crippen LogP contribution in [0, 0.1) is 6.07 Å². The summed E-state index contributed by atoms with van der Waals surface area (Å²) < 4.78 is 0. The standard InChI is InChI=1S/C8H6P.Pd/c9-7-6-8-4-2-1-3-5-8;/h1-4,6-7H;/q-1;/b7-6-;. The van der Waals surface area contributed by atoms with Crippen LogP contribution in [0.25, 0.3) is 6.08 Å². The monoisotopic (exact) mass is 239 g/mol. The molecule has 1 rings (SSSR count). The van der Waals surface area contributed by atoms with Gasteiger partial charge >= 0.3 is 72.3 Å². The molecule has 0 heterocycles. The summed E-state index contributed by atoms with van der Waals surface area (Å²) in [5.41, 5.74) is 1.13. The first-order valence-corrected chi connectivity index (χ1v) is 5.73. The van der Waals surface area contributed by atoms with Crippen LogP contribution in [0.1, 0.15) is 5.56 Å². The van der Waals surface area contributed by atoms with E-state index in [9.17, 15) is 0 Å². The van der Waals surface area contributed by atoms with Crippen molar-refractivity contribution in [1.29, 1.82) is 0 Å². The maximum atomic E-state index is 3.10. The number of benzene rings is 1. The molecule has 0 aliphatic carbocycles. The summed E-state index contributed by atoms with van der Waals surface area (Å²) >= 11 is 3.04. The summed E-state index contributed by atoms with van der Waals surface area (Å²) in [6.07, 6.45) is 3.17. The molecule has 0 radical (unpaired) electrons. The second kappa shape index (κ2) is 4.69. The first-order valence-electron chi connectivity index (χ1n) is 2.85. The minimum absolute atomic E-state index is 1.13. The van der Waals surface area contributed by atoms with Gasteiger partial charge in [0, 0.05) is 0 Å². The third-order valence-electron chi connectivity index (χ3n) is 1.03. The van der Waals surface area contributed by atoms with Crippen LogP contribution in [0.15, 0.2) is 30.1 Å². The fraction of sp³-hybridized carbons (Fsp3) is 0. The van der Waals surface area contributed by atoms with Crippen molar-refractivity contribution in [2.45, 2.75) is 0 Å². The van der Waals surface area contributed by atoms with Crippen LogP contribution in [-0.2, 0) is 18.2 Å². The molecule has 0 atom stereocenters. The molecule has 1 aromatic rings. The van der Waals surface area contributed by atoms with Gasteiger partial charge in [-0.15, -0.1) is 0 Å². The zero-order chi connectivity index (χ0) is 7.23. The third-order valence-corrected chi connectivity index (χ3v) is 1.97. The molecule has 0 aliphatic heterocycles. The molecule has 0 amide bonds. The molecule has 1 aromatic carbocycles. The molecule has 54 valence electrons. The van der Waals surface area contributed by atoms with E-state index in [-0.39, 0.29) is 0 Å². The predicted octanol–water partition coefficient (Wildman–Crippen LogP) is 2.87. The van der Waals surface area contributed by atoms with E-state index in [4.69, 9.17) is 0 Å². The van der Waals surface area contributed by atoms with Gasteiger partial charge in [0.2, 0.25) is 0 Å². The van der Waals surface area contributed by atoms with Crippen molar-refractivity contribution in [2.24, 2.45) is 0 Å². The molecular formula is C8H6PPd-. The molecule has 2 heteroatoms. The Morgan fingerprint density at radius 3 is 3.00 bits per heavy atom. The van der Waals surface area contributed by atoms with Gasteiger partial charge in [0.25, 0.3) is 0 Å². The SMILES string of the molecule is [Pd]=[P]/C=C\c1[c-]cccc1. The summed E-state index contributed by atoms with van der Waals surface area (Å²) in [5.74, 6) is 2.04. The molecule has 0 aliphatic rings. The van der Waals surface area contributed by atoms with Gasteiger partial charge in [0.15, 0.2) is 0 Å². The van der Waals surface area contributed by atoms with E-state index in [1.807, 2.05) is 36.2 Å². The van der Waals surface area contributed by atoms with Crippen molar-refractivity contribution < 1.29 is 18.2 Å². The summed E-state index contributed by atoms with van der Waals surface area (Å²) in [6, 6.07) is 11.0. The molecule has 0 nitrogen and oxygen atoms in total. The normalized spacial score (nSPS) is 11.0. The topological polar surface area (TPSA) is 0 Å². The molecule has 0 saturated carbocycles. The summed E-state index contributed by atoms with van der Waals surface area (Å²) in [6.45, 7) is 0. The van der Waals surface area contributed by atoms with Gasteiger partial charge in [-0.3, -0.25) is 0 Å². The fourth-order valence-corrected chi connectivity index (χ4v) is 1.17. The van der Waals surface area contributed by atoms with Crippen LogP contribution in [0.3, 0.4) is 0 Å². The van der Waals surface area contributed by atoms with Gasteiger partial charge in [-0.05, 0) is 0 Å². The second-order valence-electron chi connectivity index (χ2n) is 1.72. The van der Waals surface area contributed by atoms with Crippen molar-refractivity contribution in [3.05, 3.63) is 41.7 Å². The van der Waals surface area contributed by atoms with E-state index < -0.39 is 0 Å². The van der Waals surface area contributed by atoms with Gasteiger partial charge in [-0.1, -0.05) is 0 Å². The number of rotatable bonds is 2. The predicted molar refractivity (Wildman–Crippen MR) is 41.2 cm³/mol. The average Bonchev–Trinajstić information content (AvgIpc) is 2.03. The molecule has 0 saturated heterocycles. The van der Waals surface area contributed by atoms with Crippen LogP contribution in [0.2, 0.25) is 0 Å². The Hall–Kier alpha value is -0.0777. The molecule has 0 aromatic heterocycles. The van der Waals surface area contributed by atoms with E-state index in [2.05, 4.69) is 24.3 Å². The van der Waals surface area contributed by atoms with E-state index in [1.165, 1.54) is 0 Å². The maximum absolute atomic E-state index is 3.10. The van der Waals surface area contributed by atoms with Gasteiger partial charge in [-0.25, -0.2) is 0 Å². The fourth-order valence-electron chi connectivity index (χ4n) is 0.615. The van der Waals surface area contributed by atoms with Crippen LogP contribution < -0.4 is 0 Å². The molecule has 0 unspecified atom stereocenters. The number of hydrogen-bond donors (Lipinski definition) is 0. The Bertz CT molecular complexity index is 228. The van der Waals surface area contributed by atoms with E-state index in [0.717, 1.165) is 11.9 Å². The minimum atomic E-state index is 1.13. The summed E-state index contributed by atoms with van der Waals surface area (Å²) in [4.78, 5) is 0. The van der Waals surface area contributed by atoms with Crippen molar-refractivity contribution in [3.8, 4) is 0 Å². The van der Waals surface area contributed by atoms with Crippen molar-refractivity contribution in [1.82, 2.24) is 0 Å². The van der Waals surface area contributed by atoms with Crippen LogP contribution >= 0.6 is 6.31 Å². The molecule has 10 heavy (non-hydrogen) atoms. The van der Waals surface area contributed by atoms with Gasteiger partial charge in [0.1, 0.15) is 0 Å². The molecular weight excluding hydrogens is 233 g/mol. The molecule has 0 fully saturated rings. The summed E-state index contributed by atoms with van der Waals surface area (Å²) in [5, 5.41) is 0. The quantitative estimate of drug-likeness (QED) is 0.423. The van der Waals surface area contributed by atoms with E-state index in [0.29, 0.717) is 0 Å². The van der Waals surface area contributed by atoms with Gasteiger partial charge in [0.05, 0.1) is 0 Å². The Morgan fingerprint density at radius 2 is 2.40 bits per heavy atom. The molecule has 0 N–H and O–H groups in total. The Morgan fingerprint density at radius 1 is 1.50 bits per heavy atom. The van der Waals surface area contributed by atoms with Crippen LogP contribution in [0.4, 0.5) is 0 Å². The van der Waals surface area contributed by atoms with Crippen molar-refractivity contribution in [3.63, 3.8) is 0 Å². The van der Waals surface area contributed by atoms with Crippen molar-refractivity contribution in [2.75, 3.05) is 0 Å². The third kappa shape index (κ3) is 2.67. The zero-order valence-electron chi connectivity index (χ0n) is 5.23. The van der Waals surface area contributed by atoms with Gasteiger partial charge < -0.3 is 0 Å². The Balaban J connectivity index is 2.76. The van der Waals surface area contributed by atoms with E-state index >= 15 is 0 Å². The first-order chi connectivity index (χ1) is 4.93. The summed E-state index contributed by atoms with van der Waals surface area (Å²) in [7, 11) is 0. The number of hydrogen-bond acceptors (Lipinski definition) is 0. The Kier molecular flexibility index (Phi) is 3.77. The van der Waals surface area contributed by atoms with E-state index in [1.54, 1.807) is 0 Å². The van der Waals surface area contributed by atoms with Crippen LogP contribution in [0.5, 0.6) is 0 Å². The first kappa shape index (κ1) is 8.02. The second-order valence-corrected chi connectivity index (χ2v) is 3.38. The molecule has 0 spiro atoms. The zero-order valence-corrected chi connectivity index (χ0v) is 7.68. The Labute approximate surface area is 72.4 Å². The molecule has 0 bridgehead atoms. The van der Waals surface area contributed by atoms with Crippen LogP contribution in [-0.4, -0.2) is 0 Å². The van der Waals surface area contributed by atoms with Gasteiger partial charge in [-0.2, -0.15) is 0 Å². The average molecular weight is 240 g/mol. The van der Waals surface area contributed by atoms with Crippen molar-refractivity contribution >= 4 is 12.4 Å².